The van der Waals surface area contributed by atoms with Crippen LogP contribution in [0.2, 0.25) is 0 Å². The fraction of sp³-hybridized carbons (Fsp3) is 1.00. The molecule has 0 aromatic heterocycles. The third-order valence-electron chi connectivity index (χ3n) is 3.85. The number of ether oxygens (including phenoxy) is 1. The molecule has 0 unspecified atom stereocenters. The molecule has 3 nitrogen and oxygen atoms in total. The first-order valence-corrected chi connectivity index (χ1v) is 7.05. The van der Waals surface area contributed by atoms with Crippen LogP contribution in [-0.2, 0) is 4.74 Å². The topological polar surface area (TPSA) is 15.7 Å². The molecule has 0 aliphatic carbocycles. The molecule has 102 valence electrons. The van der Waals surface area contributed by atoms with E-state index in [1.807, 2.05) is 0 Å². The molecule has 0 N–H and O–H groups in total. The molecule has 0 spiro atoms. The van der Waals surface area contributed by atoms with Gasteiger partial charge in [-0.1, -0.05) is 13.8 Å². The van der Waals surface area contributed by atoms with E-state index in [9.17, 15) is 0 Å². The minimum atomic E-state index is 0.799. The molecule has 1 heterocycles. The Labute approximate surface area is 107 Å². The maximum absolute atomic E-state index is 5.13. The lowest BCUT2D eigenvalue weighted by Crippen LogP contribution is -2.44. The lowest BCUT2D eigenvalue weighted by Gasteiger charge is -2.36. The second-order valence-electron chi connectivity index (χ2n) is 5.73. The van der Waals surface area contributed by atoms with Gasteiger partial charge in [-0.3, -0.25) is 0 Å². The van der Waals surface area contributed by atoms with E-state index in [-0.39, 0.29) is 0 Å². The molecule has 0 amide bonds. The van der Waals surface area contributed by atoms with Crippen molar-refractivity contribution in [3.8, 4) is 0 Å². The Bertz CT molecular complexity index is 189. The van der Waals surface area contributed by atoms with Crippen molar-refractivity contribution in [3.63, 3.8) is 0 Å². The first kappa shape index (κ1) is 14.9. The molecule has 0 radical (unpaired) electrons. The van der Waals surface area contributed by atoms with Crippen LogP contribution in [0.15, 0.2) is 0 Å². The highest BCUT2D eigenvalue weighted by molar-refractivity contribution is 4.78. The summed E-state index contributed by atoms with van der Waals surface area (Å²) in [6, 6.07) is 0.799. The van der Waals surface area contributed by atoms with Crippen molar-refractivity contribution < 1.29 is 4.74 Å². The smallest absolute Gasteiger partial charge is 0.0589 e. The summed E-state index contributed by atoms with van der Waals surface area (Å²) in [5, 5.41) is 0. The van der Waals surface area contributed by atoms with Gasteiger partial charge in [0, 0.05) is 19.7 Å². The second-order valence-corrected chi connectivity index (χ2v) is 5.73. The molecule has 1 aliphatic heterocycles. The van der Waals surface area contributed by atoms with Crippen LogP contribution in [-0.4, -0.2) is 62.8 Å². The average molecular weight is 242 g/mol. The summed E-state index contributed by atoms with van der Waals surface area (Å²) in [6.45, 7) is 10.3. The predicted molar refractivity (Wildman–Crippen MR) is 73.4 cm³/mol. The minimum absolute atomic E-state index is 0.799. The maximum Gasteiger partial charge on any atom is 0.0589 e. The summed E-state index contributed by atoms with van der Waals surface area (Å²) in [5.41, 5.74) is 0. The number of nitrogens with zero attached hydrogens (tertiary/aromatic N) is 2. The Morgan fingerprint density at radius 2 is 1.94 bits per heavy atom. The van der Waals surface area contributed by atoms with E-state index in [1.165, 1.54) is 38.9 Å². The molecule has 1 rings (SSSR count). The van der Waals surface area contributed by atoms with Crippen LogP contribution < -0.4 is 0 Å². The van der Waals surface area contributed by atoms with Gasteiger partial charge in [-0.05, 0) is 51.9 Å². The Balaban J connectivity index is 2.17. The van der Waals surface area contributed by atoms with Gasteiger partial charge in [-0.15, -0.1) is 0 Å². The van der Waals surface area contributed by atoms with Crippen molar-refractivity contribution in [2.45, 2.75) is 39.2 Å². The number of hydrogen-bond donors (Lipinski definition) is 0. The van der Waals surface area contributed by atoms with Crippen LogP contribution in [0.5, 0.6) is 0 Å². The predicted octanol–water partition coefficient (Wildman–Crippen LogP) is 2.08. The first-order valence-electron chi connectivity index (χ1n) is 7.05. The van der Waals surface area contributed by atoms with Crippen molar-refractivity contribution in [1.29, 1.82) is 0 Å². The highest BCUT2D eigenvalue weighted by atomic mass is 16.5. The molecule has 0 bridgehead atoms. The average Bonchev–Trinajstić information content (AvgIpc) is 2.34. The Morgan fingerprint density at radius 1 is 1.29 bits per heavy atom. The SMILES string of the molecule is COCCN1CCC(N(C)CCC(C)C)CC1. The quantitative estimate of drug-likeness (QED) is 0.680. The zero-order chi connectivity index (χ0) is 12.7. The van der Waals surface area contributed by atoms with Gasteiger partial charge in [-0.25, -0.2) is 0 Å². The van der Waals surface area contributed by atoms with Crippen LogP contribution >= 0.6 is 0 Å². The van der Waals surface area contributed by atoms with Gasteiger partial charge in [0.2, 0.25) is 0 Å². The maximum atomic E-state index is 5.13. The highest BCUT2D eigenvalue weighted by Gasteiger charge is 2.21. The van der Waals surface area contributed by atoms with E-state index in [0.717, 1.165) is 25.1 Å². The first-order chi connectivity index (χ1) is 8.13. The van der Waals surface area contributed by atoms with Crippen LogP contribution in [0, 0.1) is 5.92 Å². The van der Waals surface area contributed by atoms with Crippen LogP contribution in [0.1, 0.15) is 33.1 Å². The fourth-order valence-corrected chi connectivity index (χ4v) is 2.45. The molecule has 0 atom stereocenters. The lowest BCUT2D eigenvalue weighted by molar-refractivity contribution is 0.0957. The third kappa shape index (κ3) is 5.84. The van der Waals surface area contributed by atoms with Crippen molar-refractivity contribution >= 4 is 0 Å². The molecule has 1 saturated heterocycles. The van der Waals surface area contributed by atoms with Crippen molar-refractivity contribution in [1.82, 2.24) is 9.80 Å². The Kier molecular flexibility index (Phi) is 7.09. The van der Waals surface area contributed by atoms with Crippen LogP contribution in [0.3, 0.4) is 0 Å². The number of piperidine rings is 1. The van der Waals surface area contributed by atoms with E-state index in [4.69, 9.17) is 4.74 Å². The summed E-state index contributed by atoms with van der Waals surface area (Å²) < 4.78 is 5.13. The number of methoxy groups -OCH3 is 1. The largest absolute Gasteiger partial charge is 0.383 e. The minimum Gasteiger partial charge on any atom is -0.383 e. The zero-order valence-corrected chi connectivity index (χ0v) is 12.1. The van der Waals surface area contributed by atoms with Gasteiger partial charge in [0.1, 0.15) is 0 Å². The normalized spacial score (nSPS) is 19.4. The standard InChI is InChI=1S/C14H30N2O/c1-13(2)5-8-15(3)14-6-9-16(10-7-14)11-12-17-4/h13-14H,5-12H2,1-4H3. The molecular weight excluding hydrogens is 212 g/mol. The van der Waals surface area contributed by atoms with E-state index < -0.39 is 0 Å². The summed E-state index contributed by atoms with van der Waals surface area (Å²) in [5.74, 6) is 0.819. The third-order valence-corrected chi connectivity index (χ3v) is 3.85. The monoisotopic (exact) mass is 242 g/mol. The molecule has 1 fully saturated rings. The molecule has 1 aliphatic rings. The van der Waals surface area contributed by atoms with E-state index >= 15 is 0 Å². The molecule has 17 heavy (non-hydrogen) atoms. The van der Waals surface area contributed by atoms with Crippen molar-refractivity contribution in [3.05, 3.63) is 0 Å². The van der Waals surface area contributed by atoms with E-state index in [1.54, 1.807) is 7.11 Å². The van der Waals surface area contributed by atoms with Gasteiger partial charge < -0.3 is 14.5 Å². The number of hydrogen-bond acceptors (Lipinski definition) is 3. The molecule has 3 heteroatoms. The number of rotatable bonds is 7. The second kappa shape index (κ2) is 8.06. The van der Waals surface area contributed by atoms with Gasteiger partial charge in [0.05, 0.1) is 6.61 Å². The van der Waals surface area contributed by atoms with Crippen LogP contribution in [0.25, 0.3) is 0 Å². The molecular formula is C14H30N2O. The fourth-order valence-electron chi connectivity index (χ4n) is 2.45. The van der Waals surface area contributed by atoms with Gasteiger partial charge in [0.15, 0.2) is 0 Å². The molecule has 0 saturated carbocycles. The molecule has 0 aromatic carbocycles. The molecule has 0 aromatic rings. The highest BCUT2D eigenvalue weighted by Crippen LogP contribution is 2.16. The van der Waals surface area contributed by atoms with Crippen LogP contribution in [0.4, 0.5) is 0 Å². The lowest BCUT2D eigenvalue weighted by atomic mass is 10.0. The zero-order valence-electron chi connectivity index (χ0n) is 12.1. The van der Waals surface area contributed by atoms with E-state index in [0.29, 0.717) is 0 Å². The summed E-state index contributed by atoms with van der Waals surface area (Å²) in [6.07, 6.45) is 3.96. The van der Waals surface area contributed by atoms with Gasteiger partial charge in [-0.2, -0.15) is 0 Å². The van der Waals surface area contributed by atoms with E-state index in [2.05, 4.69) is 30.7 Å². The van der Waals surface area contributed by atoms with Gasteiger partial charge >= 0.3 is 0 Å². The van der Waals surface area contributed by atoms with Gasteiger partial charge in [0.25, 0.3) is 0 Å². The Hall–Kier alpha value is -0.120. The van der Waals surface area contributed by atoms with Crippen molar-refractivity contribution in [2.24, 2.45) is 5.92 Å². The summed E-state index contributed by atoms with van der Waals surface area (Å²) in [4.78, 5) is 5.09. The Morgan fingerprint density at radius 3 is 2.47 bits per heavy atom. The summed E-state index contributed by atoms with van der Waals surface area (Å²) in [7, 11) is 4.07. The van der Waals surface area contributed by atoms with Crippen molar-refractivity contribution in [2.75, 3.05) is 46.9 Å². The summed E-state index contributed by atoms with van der Waals surface area (Å²) >= 11 is 0. The number of likely N-dealkylation sites (tertiary alicyclic amines) is 1.